The molecule has 0 aliphatic rings. The van der Waals surface area contributed by atoms with Crippen LogP contribution in [0.5, 0.6) is 0 Å². The quantitative estimate of drug-likeness (QED) is 0.760. The summed E-state index contributed by atoms with van der Waals surface area (Å²) in [7, 11) is 1.51. The molecule has 6 heteroatoms. The highest BCUT2D eigenvalue weighted by atomic mass is 16.5. The maximum atomic E-state index is 11.7. The lowest BCUT2D eigenvalue weighted by atomic mass is 10.2. The van der Waals surface area contributed by atoms with Crippen molar-refractivity contribution < 1.29 is 14.6 Å². The maximum Gasteiger partial charge on any atom is 0.220 e. The van der Waals surface area contributed by atoms with Gasteiger partial charge in [-0.1, -0.05) is 18.2 Å². The van der Waals surface area contributed by atoms with Gasteiger partial charge in [0, 0.05) is 26.3 Å². The Bertz CT molecular complexity index is 583. The van der Waals surface area contributed by atoms with Crippen LogP contribution >= 0.6 is 0 Å². The number of benzene rings is 1. The second-order valence-electron chi connectivity index (χ2n) is 5.04. The fourth-order valence-corrected chi connectivity index (χ4v) is 2.04. The SMILES string of the molecule is COCC(O)CNC(=O)CCc1cnn(-c2ccccc2)c1. The Hall–Kier alpha value is -2.18. The van der Waals surface area contributed by atoms with Crippen LogP contribution in [0.15, 0.2) is 42.7 Å². The first-order valence-electron chi connectivity index (χ1n) is 7.21. The molecule has 0 aliphatic heterocycles. The maximum absolute atomic E-state index is 11.7. The molecule has 1 unspecified atom stereocenters. The summed E-state index contributed by atoms with van der Waals surface area (Å²) in [5.74, 6) is -0.0948. The summed E-state index contributed by atoms with van der Waals surface area (Å²) in [6.07, 6.45) is 3.98. The fourth-order valence-electron chi connectivity index (χ4n) is 2.04. The van der Waals surface area contributed by atoms with Gasteiger partial charge >= 0.3 is 0 Å². The predicted molar refractivity (Wildman–Crippen MR) is 82.8 cm³/mol. The average Bonchev–Trinajstić information content (AvgIpc) is 3.01. The number of nitrogens with zero attached hydrogens (tertiary/aromatic N) is 2. The average molecular weight is 303 g/mol. The Kier molecular flexibility index (Phi) is 6.12. The zero-order valence-corrected chi connectivity index (χ0v) is 12.6. The number of aryl methyl sites for hydroxylation is 1. The highest BCUT2D eigenvalue weighted by molar-refractivity contribution is 5.76. The molecule has 0 saturated carbocycles. The number of hydrogen-bond acceptors (Lipinski definition) is 4. The first-order valence-corrected chi connectivity index (χ1v) is 7.21. The van der Waals surface area contributed by atoms with E-state index in [-0.39, 0.29) is 19.1 Å². The van der Waals surface area contributed by atoms with Crippen molar-refractivity contribution in [3.8, 4) is 5.69 Å². The van der Waals surface area contributed by atoms with Crippen molar-refractivity contribution in [2.45, 2.75) is 18.9 Å². The lowest BCUT2D eigenvalue weighted by molar-refractivity contribution is -0.121. The van der Waals surface area contributed by atoms with E-state index in [1.807, 2.05) is 36.5 Å². The minimum atomic E-state index is -0.671. The van der Waals surface area contributed by atoms with E-state index < -0.39 is 6.10 Å². The van der Waals surface area contributed by atoms with E-state index in [0.29, 0.717) is 12.8 Å². The van der Waals surface area contributed by atoms with E-state index in [1.165, 1.54) is 7.11 Å². The molecule has 118 valence electrons. The van der Waals surface area contributed by atoms with Crippen LogP contribution in [-0.4, -0.2) is 47.2 Å². The summed E-state index contributed by atoms with van der Waals surface area (Å²) in [6.45, 7) is 0.417. The number of aromatic nitrogens is 2. The first kappa shape index (κ1) is 16.2. The summed E-state index contributed by atoms with van der Waals surface area (Å²) >= 11 is 0. The van der Waals surface area contributed by atoms with E-state index in [4.69, 9.17) is 4.74 Å². The molecule has 0 radical (unpaired) electrons. The summed E-state index contributed by atoms with van der Waals surface area (Å²) in [5, 5.41) is 16.4. The zero-order chi connectivity index (χ0) is 15.8. The number of methoxy groups -OCH3 is 1. The van der Waals surface area contributed by atoms with Crippen LogP contribution < -0.4 is 5.32 Å². The normalized spacial score (nSPS) is 12.1. The van der Waals surface area contributed by atoms with Crippen molar-refractivity contribution in [3.63, 3.8) is 0 Å². The molecule has 0 bridgehead atoms. The third-order valence-electron chi connectivity index (χ3n) is 3.19. The molecule has 2 N–H and O–H groups in total. The molecule has 1 heterocycles. The van der Waals surface area contributed by atoms with Crippen LogP contribution in [-0.2, 0) is 16.0 Å². The number of hydrogen-bond donors (Lipinski definition) is 2. The van der Waals surface area contributed by atoms with Gasteiger partial charge in [-0.25, -0.2) is 4.68 Å². The largest absolute Gasteiger partial charge is 0.389 e. The third kappa shape index (κ3) is 4.98. The molecule has 22 heavy (non-hydrogen) atoms. The number of ether oxygens (including phenoxy) is 1. The van der Waals surface area contributed by atoms with Gasteiger partial charge in [0.25, 0.3) is 0 Å². The molecule has 1 aromatic carbocycles. The van der Waals surface area contributed by atoms with E-state index in [9.17, 15) is 9.90 Å². The Labute approximate surface area is 129 Å². The van der Waals surface area contributed by atoms with Crippen LogP contribution in [0.4, 0.5) is 0 Å². The van der Waals surface area contributed by atoms with Gasteiger partial charge in [-0.3, -0.25) is 4.79 Å². The number of para-hydroxylation sites is 1. The smallest absolute Gasteiger partial charge is 0.220 e. The van der Waals surface area contributed by atoms with Gasteiger partial charge in [0.15, 0.2) is 0 Å². The Morgan fingerprint density at radius 3 is 2.91 bits per heavy atom. The Morgan fingerprint density at radius 1 is 1.41 bits per heavy atom. The Morgan fingerprint density at radius 2 is 2.18 bits per heavy atom. The monoisotopic (exact) mass is 303 g/mol. The second kappa shape index (κ2) is 8.31. The highest BCUT2D eigenvalue weighted by Gasteiger charge is 2.08. The van der Waals surface area contributed by atoms with E-state index >= 15 is 0 Å². The van der Waals surface area contributed by atoms with Gasteiger partial charge in [0.2, 0.25) is 5.91 Å². The predicted octanol–water partition coefficient (Wildman–Crippen LogP) is 0.928. The second-order valence-corrected chi connectivity index (χ2v) is 5.04. The lowest BCUT2D eigenvalue weighted by Crippen LogP contribution is -2.34. The summed E-state index contributed by atoms with van der Waals surface area (Å²) < 4.78 is 6.58. The van der Waals surface area contributed by atoms with Crippen molar-refractivity contribution in [3.05, 3.63) is 48.3 Å². The van der Waals surface area contributed by atoms with Crippen LogP contribution in [0.25, 0.3) is 5.69 Å². The lowest BCUT2D eigenvalue weighted by Gasteiger charge is -2.10. The molecule has 1 amide bonds. The number of amides is 1. The van der Waals surface area contributed by atoms with E-state index in [1.54, 1.807) is 10.9 Å². The van der Waals surface area contributed by atoms with Crippen molar-refractivity contribution in [2.75, 3.05) is 20.3 Å². The molecule has 6 nitrogen and oxygen atoms in total. The summed E-state index contributed by atoms with van der Waals surface area (Å²) in [6, 6.07) is 9.81. The van der Waals surface area contributed by atoms with Crippen LogP contribution in [0.3, 0.4) is 0 Å². The van der Waals surface area contributed by atoms with Gasteiger partial charge in [-0.15, -0.1) is 0 Å². The van der Waals surface area contributed by atoms with Gasteiger partial charge < -0.3 is 15.2 Å². The molecule has 0 spiro atoms. The van der Waals surface area contributed by atoms with Crippen molar-refractivity contribution in [1.29, 1.82) is 0 Å². The number of aliphatic hydroxyl groups is 1. The molecule has 1 aromatic heterocycles. The van der Waals surface area contributed by atoms with Crippen LogP contribution in [0, 0.1) is 0 Å². The number of carbonyl (C=O) groups excluding carboxylic acids is 1. The number of aliphatic hydroxyl groups excluding tert-OH is 1. The molecule has 0 aliphatic carbocycles. The van der Waals surface area contributed by atoms with Crippen LogP contribution in [0.2, 0.25) is 0 Å². The van der Waals surface area contributed by atoms with E-state index in [0.717, 1.165) is 11.3 Å². The van der Waals surface area contributed by atoms with E-state index in [2.05, 4.69) is 10.4 Å². The molecule has 0 saturated heterocycles. The van der Waals surface area contributed by atoms with Gasteiger partial charge in [0.05, 0.1) is 24.6 Å². The van der Waals surface area contributed by atoms with Crippen molar-refractivity contribution >= 4 is 5.91 Å². The fraction of sp³-hybridized carbons (Fsp3) is 0.375. The zero-order valence-electron chi connectivity index (χ0n) is 12.6. The Balaban J connectivity index is 1.78. The minimum Gasteiger partial charge on any atom is -0.389 e. The van der Waals surface area contributed by atoms with Crippen molar-refractivity contribution in [1.82, 2.24) is 15.1 Å². The summed E-state index contributed by atoms with van der Waals surface area (Å²) in [5.41, 5.74) is 1.98. The molecule has 0 fully saturated rings. The number of carbonyl (C=O) groups is 1. The topological polar surface area (TPSA) is 76.4 Å². The number of rotatable bonds is 8. The third-order valence-corrected chi connectivity index (χ3v) is 3.19. The molecular weight excluding hydrogens is 282 g/mol. The number of nitrogens with one attached hydrogen (secondary N) is 1. The molecule has 2 rings (SSSR count). The standard InChI is InChI=1S/C16H21N3O3/c1-22-12-15(20)10-17-16(21)8-7-13-9-18-19(11-13)14-5-3-2-4-6-14/h2-6,9,11,15,20H,7-8,10,12H2,1H3,(H,17,21). The minimum absolute atomic E-state index is 0.0948. The first-order chi connectivity index (χ1) is 10.7. The highest BCUT2D eigenvalue weighted by Crippen LogP contribution is 2.09. The van der Waals surface area contributed by atoms with Crippen molar-refractivity contribution in [2.24, 2.45) is 0 Å². The van der Waals surface area contributed by atoms with Gasteiger partial charge in [0.1, 0.15) is 0 Å². The van der Waals surface area contributed by atoms with Gasteiger partial charge in [-0.05, 0) is 24.1 Å². The molecular formula is C16H21N3O3. The molecule has 1 atom stereocenters. The summed E-state index contributed by atoms with van der Waals surface area (Å²) in [4.78, 5) is 11.7. The van der Waals surface area contributed by atoms with Gasteiger partial charge in [-0.2, -0.15) is 5.10 Å². The van der Waals surface area contributed by atoms with Crippen LogP contribution in [0.1, 0.15) is 12.0 Å². The molecule has 2 aromatic rings.